The molecule has 1 aliphatic rings. The van der Waals surface area contributed by atoms with Crippen molar-refractivity contribution < 1.29 is 0 Å². The molecule has 13 heavy (non-hydrogen) atoms. The van der Waals surface area contributed by atoms with Crippen molar-refractivity contribution in [1.82, 2.24) is 5.32 Å². The zero-order valence-electron chi connectivity index (χ0n) is 7.51. The number of fused-ring (bicyclic) bond motifs is 1. The van der Waals surface area contributed by atoms with Crippen LogP contribution in [-0.4, -0.2) is 13.1 Å². The molecule has 0 aliphatic carbocycles. The van der Waals surface area contributed by atoms with Crippen LogP contribution in [0.25, 0.3) is 4.85 Å². The van der Waals surface area contributed by atoms with E-state index in [1.165, 1.54) is 11.1 Å². The van der Waals surface area contributed by atoms with E-state index in [4.69, 9.17) is 6.57 Å². The zero-order valence-corrected chi connectivity index (χ0v) is 7.51. The number of benzene rings is 1. The second kappa shape index (κ2) is 3.59. The van der Waals surface area contributed by atoms with Gasteiger partial charge in [-0.2, -0.15) is 0 Å². The first kappa shape index (κ1) is 8.28. The van der Waals surface area contributed by atoms with Gasteiger partial charge in [0.05, 0.1) is 6.57 Å². The van der Waals surface area contributed by atoms with Gasteiger partial charge in [-0.3, -0.25) is 0 Å². The van der Waals surface area contributed by atoms with Gasteiger partial charge < -0.3 is 5.32 Å². The summed E-state index contributed by atoms with van der Waals surface area (Å²) in [7, 11) is 0. The van der Waals surface area contributed by atoms with Crippen molar-refractivity contribution in [2.75, 3.05) is 13.1 Å². The van der Waals surface area contributed by atoms with Gasteiger partial charge in [-0.05, 0) is 31.5 Å². The summed E-state index contributed by atoms with van der Waals surface area (Å²) in [5, 5.41) is 3.35. The lowest BCUT2D eigenvalue weighted by Gasteiger charge is -2.04. The van der Waals surface area contributed by atoms with Crippen molar-refractivity contribution in [2.45, 2.75) is 12.8 Å². The van der Waals surface area contributed by atoms with Crippen molar-refractivity contribution in [3.63, 3.8) is 0 Å². The second-order valence-corrected chi connectivity index (χ2v) is 3.31. The highest BCUT2D eigenvalue weighted by Gasteiger charge is 2.06. The maximum Gasteiger partial charge on any atom is 0.187 e. The smallest absolute Gasteiger partial charge is 0.187 e. The lowest BCUT2D eigenvalue weighted by Crippen LogP contribution is -2.16. The van der Waals surface area contributed by atoms with E-state index in [1.807, 2.05) is 12.1 Å². The summed E-state index contributed by atoms with van der Waals surface area (Å²) in [6, 6.07) is 6.03. The number of hydrogen-bond acceptors (Lipinski definition) is 1. The fraction of sp³-hybridized carbons (Fsp3) is 0.364. The van der Waals surface area contributed by atoms with Crippen LogP contribution in [0.5, 0.6) is 0 Å². The molecule has 0 bridgehead atoms. The third-order valence-corrected chi connectivity index (χ3v) is 2.46. The van der Waals surface area contributed by atoms with Crippen LogP contribution >= 0.6 is 0 Å². The molecule has 0 spiro atoms. The average Bonchev–Trinajstić information content (AvgIpc) is 2.41. The molecule has 1 N–H and O–H groups in total. The van der Waals surface area contributed by atoms with E-state index in [0.717, 1.165) is 31.6 Å². The summed E-state index contributed by atoms with van der Waals surface area (Å²) in [5.41, 5.74) is 3.51. The molecule has 66 valence electrons. The summed E-state index contributed by atoms with van der Waals surface area (Å²) < 4.78 is 0. The Hall–Kier alpha value is -1.33. The Bertz CT molecular complexity index is 350. The number of nitrogens with one attached hydrogen (secondary N) is 1. The fourth-order valence-corrected chi connectivity index (χ4v) is 1.73. The lowest BCUT2D eigenvalue weighted by molar-refractivity contribution is 0.711. The van der Waals surface area contributed by atoms with Crippen LogP contribution in [0.4, 0.5) is 5.69 Å². The SMILES string of the molecule is [C-]#[N+]c1ccc2c(c1)CCNCC2. The minimum absolute atomic E-state index is 0.764. The number of nitrogens with zero attached hydrogens (tertiary/aromatic N) is 1. The van der Waals surface area contributed by atoms with E-state index in [-0.39, 0.29) is 0 Å². The molecule has 0 radical (unpaired) electrons. The Balaban J connectivity index is 2.39. The molecule has 0 fully saturated rings. The molecule has 0 amide bonds. The topological polar surface area (TPSA) is 16.4 Å². The molecule has 2 heteroatoms. The van der Waals surface area contributed by atoms with Gasteiger partial charge in [0.2, 0.25) is 0 Å². The second-order valence-electron chi connectivity index (χ2n) is 3.31. The van der Waals surface area contributed by atoms with E-state index >= 15 is 0 Å². The van der Waals surface area contributed by atoms with Crippen molar-refractivity contribution in [2.24, 2.45) is 0 Å². The predicted octanol–water partition coefficient (Wildman–Crippen LogP) is 1.93. The molecule has 1 aromatic carbocycles. The first-order valence-corrected chi connectivity index (χ1v) is 4.60. The number of hydrogen-bond donors (Lipinski definition) is 1. The van der Waals surface area contributed by atoms with Gasteiger partial charge >= 0.3 is 0 Å². The van der Waals surface area contributed by atoms with E-state index < -0.39 is 0 Å². The Morgan fingerprint density at radius 1 is 1.15 bits per heavy atom. The van der Waals surface area contributed by atoms with Gasteiger partial charge in [0.1, 0.15) is 0 Å². The van der Waals surface area contributed by atoms with E-state index in [1.54, 1.807) is 0 Å². The zero-order chi connectivity index (χ0) is 9.10. The van der Waals surface area contributed by atoms with Crippen LogP contribution in [0.1, 0.15) is 11.1 Å². The molecular formula is C11H12N2. The summed E-state index contributed by atoms with van der Waals surface area (Å²) in [6.45, 7) is 9.02. The van der Waals surface area contributed by atoms with Crippen LogP contribution < -0.4 is 5.32 Å². The molecule has 0 saturated heterocycles. The lowest BCUT2D eigenvalue weighted by atomic mass is 10.0. The highest BCUT2D eigenvalue weighted by molar-refractivity contribution is 5.49. The third-order valence-electron chi connectivity index (χ3n) is 2.46. The Morgan fingerprint density at radius 2 is 1.92 bits per heavy atom. The van der Waals surface area contributed by atoms with Crippen LogP contribution in [-0.2, 0) is 12.8 Å². The number of rotatable bonds is 0. The van der Waals surface area contributed by atoms with Crippen molar-refractivity contribution in [3.8, 4) is 0 Å². The molecule has 1 heterocycles. The van der Waals surface area contributed by atoms with Gasteiger partial charge in [-0.15, -0.1) is 0 Å². The first-order chi connectivity index (χ1) is 6.40. The average molecular weight is 172 g/mol. The third kappa shape index (κ3) is 1.71. The van der Waals surface area contributed by atoms with Gasteiger partial charge in [-0.1, -0.05) is 23.8 Å². The quantitative estimate of drug-likeness (QED) is 0.591. The largest absolute Gasteiger partial charge is 0.316 e. The summed E-state index contributed by atoms with van der Waals surface area (Å²) in [6.07, 6.45) is 2.15. The maximum absolute atomic E-state index is 6.93. The minimum atomic E-state index is 0.764. The van der Waals surface area contributed by atoms with Gasteiger partial charge in [0.15, 0.2) is 5.69 Å². The molecule has 2 nitrogen and oxygen atoms in total. The molecule has 0 unspecified atom stereocenters. The molecule has 0 saturated carbocycles. The van der Waals surface area contributed by atoms with Crippen LogP contribution in [0, 0.1) is 6.57 Å². The fourth-order valence-electron chi connectivity index (χ4n) is 1.73. The van der Waals surface area contributed by atoms with E-state index in [2.05, 4.69) is 16.2 Å². The molecule has 0 atom stereocenters. The maximum atomic E-state index is 6.93. The highest BCUT2D eigenvalue weighted by atomic mass is 14.8. The minimum Gasteiger partial charge on any atom is -0.316 e. The highest BCUT2D eigenvalue weighted by Crippen LogP contribution is 2.20. The van der Waals surface area contributed by atoms with E-state index in [0.29, 0.717) is 0 Å². The molecule has 1 aromatic rings. The molecule has 0 aromatic heterocycles. The van der Waals surface area contributed by atoms with Crippen molar-refractivity contribution >= 4 is 5.69 Å². The first-order valence-electron chi connectivity index (χ1n) is 4.60. The molecule has 1 aliphatic heterocycles. The van der Waals surface area contributed by atoms with Crippen molar-refractivity contribution in [3.05, 3.63) is 40.7 Å². The summed E-state index contributed by atoms with van der Waals surface area (Å²) >= 11 is 0. The standard InChI is InChI=1S/C11H12N2/c1-12-11-3-2-9-4-6-13-7-5-10(9)8-11/h2-3,8,13H,4-7H2. The van der Waals surface area contributed by atoms with Gasteiger partial charge in [-0.25, -0.2) is 4.85 Å². The summed E-state index contributed by atoms with van der Waals surface area (Å²) in [5.74, 6) is 0. The Kier molecular flexibility index (Phi) is 2.29. The van der Waals surface area contributed by atoms with Gasteiger partial charge in [0.25, 0.3) is 0 Å². The Labute approximate surface area is 78.4 Å². The van der Waals surface area contributed by atoms with Crippen LogP contribution in [0.3, 0.4) is 0 Å². The molecular weight excluding hydrogens is 160 g/mol. The molecule has 2 rings (SSSR count). The predicted molar refractivity (Wildman–Crippen MR) is 53.0 cm³/mol. The van der Waals surface area contributed by atoms with Crippen molar-refractivity contribution in [1.29, 1.82) is 0 Å². The van der Waals surface area contributed by atoms with E-state index in [9.17, 15) is 0 Å². The van der Waals surface area contributed by atoms with Crippen LogP contribution in [0.2, 0.25) is 0 Å². The monoisotopic (exact) mass is 172 g/mol. The van der Waals surface area contributed by atoms with Crippen LogP contribution in [0.15, 0.2) is 18.2 Å². The Morgan fingerprint density at radius 3 is 2.69 bits per heavy atom. The summed E-state index contributed by atoms with van der Waals surface area (Å²) in [4.78, 5) is 3.44. The van der Waals surface area contributed by atoms with Gasteiger partial charge in [0, 0.05) is 0 Å². The normalized spacial score (nSPS) is 15.6.